The molecule has 0 saturated heterocycles. The number of amides is 2. The fourth-order valence-corrected chi connectivity index (χ4v) is 2.92. The number of nitrogens with one attached hydrogen (secondary N) is 1. The monoisotopic (exact) mass is 346 g/mol. The molecule has 0 spiro atoms. The first-order valence-corrected chi connectivity index (χ1v) is 9.11. The van der Waals surface area contributed by atoms with Gasteiger partial charge in [-0.15, -0.1) is 0 Å². The summed E-state index contributed by atoms with van der Waals surface area (Å²) in [5, 5.41) is 3.21. The van der Waals surface area contributed by atoms with Crippen molar-refractivity contribution in [2.45, 2.75) is 32.9 Å². The van der Waals surface area contributed by atoms with Crippen LogP contribution >= 0.6 is 11.6 Å². The van der Waals surface area contributed by atoms with Gasteiger partial charge in [-0.05, 0) is 39.0 Å². The van der Waals surface area contributed by atoms with E-state index in [0.29, 0.717) is 22.2 Å². The van der Waals surface area contributed by atoms with Crippen molar-refractivity contribution in [3.8, 4) is 5.75 Å². The van der Waals surface area contributed by atoms with Crippen LogP contribution in [-0.4, -0.2) is 46.3 Å². The molecule has 0 fully saturated rings. The standard InChI is InChI=1S/C15H23ClN2O3S/c1-10(2)21-14-7-6-12(8-13(14)16)17-15(19)18(4)11(3)9-22(5)20/h6-8,10-11H,9H2,1-5H3,(H,17,19)/t11-,22-/m1/s1. The molecule has 0 aliphatic carbocycles. The summed E-state index contributed by atoms with van der Waals surface area (Å²) < 4.78 is 16.8. The summed E-state index contributed by atoms with van der Waals surface area (Å²) in [4.78, 5) is 13.7. The molecule has 7 heteroatoms. The molecule has 1 rings (SSSR count). The van der Waals surface area contributed by atoms with Gasteiger partial charge in [0, 0.05) is 41.6 Å². The molecule has 22 heavy (non-hydrogen) atoms. The lowest BCUT2D eigenvalue weighted by atomic mass is 10.3. The quantitative estimate of drug-likeness (QED) is 0.859. The van der Waals surface area contributed by atoms with Crippen LogP contribution in [0, 0.1) is 0 Å². The fourth-order valence-electron chi connectivity index (χ4n) is 1.79. The van der Waals surface area contributed by atoms with Crippen molar-refractivity contribution < 1.29 is 13.7 Å². The average molecular weight is 347 g/mol. The van der Waals surface area contributed by atoms with Crippen molar-refractivity contribution in [1.82, 2.24) is 4.90 Å². The molecule has 0 radical (unpaired) electrons. The molecule has 124 valence electrons. The lowest BCUT2D eigenvalue weighted by Gasteiger charge is -2.24. The highest BCUT2D eigenvalue weighted by molar-refractivity contribution is 7.84. The van der Waals surface area contributed by atoms with Gasteiger partial charge in [0.2, 0.25) is 0 Å². The zero-order valence-electron chi connectivity index (χ0n) is 13.6. The number of urea groups is 1. The van der Waals surface area contributed by atoms with Crippen LogP contribution < -0.4 is 10.1 Å². The maximum Gasteiger partial charge on any atom is 0.321 e. The summed E-state index contributed by atoms with van der Waals surface area (Å²) in [5.74, 6) is 1.02. The summed E-state index contributed by atoms with van der Waals surface area (Å²) >= 11 is 6.14. The first kappa shape index (κ1) is 18.8. The maximum absolute atomic E-state index is 12.2. The first-order chi connectivity index (χ1) is 10.2. The lowest BCUT2D eigenvalue weighted by molar-refractivity contribution is 0.212. The van der Waals surface area contributed by atoms with Crippen molar-refractivity contribution in [3.63, 3.8) is 0 Å². The Kier molecular flexibility index (Phi) is 7.16. The zero-order chi connectivity index (χ0) is 16.9. The van der Waals surface area contributed by atoms with E-state index in [9.17, 15) is 9.00 Å². The molecular formula is C15H23ClN2O3S. The highest BCUT2D eigenvalue weighted by Crippen LogP contribution is 2.28. The van der Waals surface area contributed by atoms with Crippen LogP contribution in [0.5, 0.6) is 5.75 Å². The van der Waals surface area contributed by atoms with E-state index in [4.69, 9.17) is 16.3 Å². The van der Waals surface area contributed by atoms with Crippen molar-refractivity contribution in [2.24, 2.45) is 0 Å². The Morgan fingerprint density at radius 1 is 1.41 bits per heavy atom. The van der Waals surface area contributed by atoms with E-state index in [1.807, 2.05) is 20.8 Å². The van der Waals surface area contributed by atoms with Gasteiger partial charge in [-0.3, -0.25) is 4.21 Å². The number of hydrogen-bond donors (Lipinski definition) is 1. The number of rotatable bonds is 6. The highest BCUT2D eigenvalue weighted by Gasteiger charge is 2.17. The van der Waals surface area contributed by atoms with Crippen LogP contribution in [-0.2, 0) is 10.8 Å². The molecule has 1 aromatic rings. The molecule has 1 aromatic carbocycles. The molecule has 0 saturated carbocycles. The summed E-state index contributed by atoms with van der Waals surface area (Å²) in [6.45, 7) is 5.69. The maximum atomic E-state index is 12.2. The van der Waals surface area contributed by atoms with Gasteiger partial charge in [0.15, 0.2) is 0 Å². The van der Waals surface area contributed by atoms with E-state index in [1.54, 1.807) is 31.5 Å². The Balaban J connectivity index is 2.72. The van der Waals surface area contributed by atoms with E-state index >= 15 is 0 Å². The van der Waals surface area contributed by atoms with Gasteiger partial charge in [0.25, 0.3) is 0 Å². The molecule has 0 heterocycles. The number of anilines is 1. The average Bonchev–Trinajstić information content (AvgIpc) is 2.39. The highest BCUT2D eigenvalue weighted by atomic mass is 35.5. The number of nitrogens with zero attached hydrogens (tertiary/aromatic N) is 1. The Hall–Kier alpha value is -1.27. The molecule has 0 aliphatic rings. The molecule has 2 amide bonds. The van der Waals surface area contributed by atoms with Crippen LogP contribution in [0.1, 0.15) is 20.8 Å². The topological polar surface area (TPSA) is 58.6 Å². The summed E-state index contributed by atoms with van der Waals surface area (Å²) in [5.41, 5.74) is 0.586. The predicted octanol–water partition coefficient (Wildman–Crippen LogP) is 3.36. The molecule has 5 nitrogen and oxygen atoms in total. The third-order valence-corrected chi connectivity index (χ3v) is 4.25. The Morgan fingerprint density at radius 3 is 2.55 bits per heavy atom. The second-order valence-corrected chi connectivity index (χ2v) is 7.33. The van der Waals surface area contributed by atoms with Crippen LogP contribution in [0.25, 0.3) is 0 Å². The molecule has 0 unspecified atom stereocenters. The Morgan fingerprint density at radius 2 is 2.05 bits per heavy atom. The van der Waals surface area contributed by atoms with Crippen LogP contribution in [0.3, 0.4) is 0 Å². The second kappa shape index (κ2) is 8.39. The zero-order valence-corrected chi connectivity index (χ0v) is 15.1. The number of halogens is 1. The fraction of sp³-hybridized carbons (Fsp3) is 0.533. The van der Waals surface area contributed by atoms with E-state index < -0.39 is 10.8 Å². The smallest absolute Gasteiger partial charge is 0.321 e. The van der Waals surface area contributed by atoms with Crippen LogP contribution in [0.4, 0.5) is 10.5 Å². The van der Waals surface area contributed by atoms with Crippen molar-refractivity contribution >= 4 is 34.1 Å². The normalized spacial score (nSPS) is 13.6. The number of benzene rings is 1. The van der Waals surface area contributed by atoms with Crippen molar-refractivity contribution in [3.05, 3.63) is 23.2 Å². The number of hydrogen-bond acceptors (Lipinski definition) is 3. The summed E-state index contributed by atoms with van der Waals surface area (Å²) in [6.07, 6.45) is 1.65. The molecule has 0 aliphatic heterocycles. The molecular weight excluding hydrogens is 324 g/mol. The summed E-state index contributed by atoms with van der Waals surface area (Å²) in [6, 6.07) is 4.71. The van der Waals surface area contributed by atoms with E-state index in [0.717, 1.165) is 0 Å². The third-order valence-electron chi connectivity index (χ3n) is 3.00. The second-order valence-electron chi connectivity index (χ2n) is 5.44. The Labute approximate surface area is 139 Å². The molecule has 2 atom stereocenters. The van der Waals surface area contributed by atoms with Gasteiger partial charge in [-0.25, -0.2) is 4.79 Å². The minimum absolute atomic E-state index is 0.0276. The first-order valence-electron chi connectivity index (χ1n) is 7.00. The summed E-state index contributed by atoms with van der Waals surface area (Å²) in [7, 11) is 0.720. The molecule has 1 N–H and O–H groups in total. The van der Waals surface area contributed by atoms with E-state index in [1.165, 1.54) is 4.90 Å². The van der Waals surface area contributed by atoms with Gasteiger partial charge in [0.05, 0.1) is 11.1 Å². The Bertz CT molecular complexity index is 552. The minimum atomic E-state index is -0.951. The van der Waals surface area contributed by atoms with Crippen LogP contribution in [0.2, 0.25) is 5.02 Å². The van der Waals surface area contributed by atoms with Crippen molar-refractivity contribution in [1.29, 1.82) is 0 Å². The van der Waals surface area contributed by atoms with Gasteiger partial charge in [-0.1, -0.05) is 11.6 Å². The van der Waals surface area contributed by atoms with Crippen LogP contribution in [0.15, 0.2) is 18.2 Å². The van der Waals surface area contributed by atoms with Gasteiger partial charge in [0.1, 0.15) is 5.75 Å². The lowest BCUT2D eigenvalue weighted by Crippen LogP contribution is -2.40. The van der Waals surface area contributed by atoms with E-state index in [2.05, 4.69) is 5.32 Å². The number of ether oxygens (including phenoxy) is 1. The van der Waals surface area contributed by atoms with Gasteiger partial charge in [-0.2, -0.15) is 0 Å². The van der Waals surface area contributed by atoms with E-state index in [-0.39, 0.29) is 18.2 Å². The number of carbonyl (C=O) groups excluding carboxylic acids is 1. The minimum Gasteiger partial charge on any atom is -0.489 e. The van der Waals surface area contributed by atoms with Crippen molar-refractivity contribution in [2.75, 3.05) is 24.4 Å². The molecule has 0 aromatic heterocycles. The largest absolute Gasteiger partial charge is 0.489 e. The third kappa shape index (κ3) is 5.85. The molecule has 0 bridgehead atoms. The van der Waals surface area contributed by atoms with Gasteiger partial charge < -0.3 is 15.0 Å². The SMILES string of the molecule is CC(C)Oc1ccc(NC(=O)N(C)[C@H](C)C[S@@](C)=O)cc1Cl. The number of carbonyl (C=O) groups is 1. The predicted molar refractivity (Wildman–Crippen MR) is 92.4 cm³/mol. The van der Waals surface area contributed by atoms with Gasteiger partial charge >= 0.3 is 6.03 Å².